The quantitative estimate of drug-likeness (QED) is 0.796. The van der Waals surface area contributed by atoms with Gasteiger partial charge in [0.15, 0.2) is 0 Å². The molecule has 112 valence electrons. The standard InChI is InChI=1S/C13H26N2O3S/c1-13(16)5-3-8-15(9-6-13)19(17,18)11-12-4-2-7-14-10-12/h12,14,16H,2-11H2,1H3. The van der Waals surface area contributed by atoms with E-state index in [-0.39, 0.29) is 11.7 Å². The van der Waals surface area contributed by atoms with Gasteiger partial charge in [-0.1, -0.05) is 0 Å². The van der Waals surface area contributed by atoms with E-state index in [0.717, 1.165) is 32.4 Å². The van der Waals surface area contributed by atoms with Crippen molar-refractivity contribution < 1.29 is 13.5 Å². The fourth-order valence-corrected chi connectivity index (χ4v) is 4.85. The van der Waals surface area contributed by atoms with Gasteiger partial charge in [0.05, 0.1) is 11.4 Å². The van der Waals surface area contributed by atoms with Crippen LogP contribution in [0.4, 0.5) is 0 Å². The van der Waals surface area contributed by atoms with E-state index in [1.54, 1.807) is 11.2 Å². The molecule has 19 heavy (non-hydrogen) atoms. The first-order chi connectivity index (χ1) is 8.89. The predicted octanol–water partition coefficient (Wildman–Crippen LogP) is 0.553. The van der Waals surface area contributed by atoms with Crippen LogP contribution >= 0.6 is 0 Å². The summed E-state index contributed by atoms with van der Waals surface area (Å²) in [6, 6.07) is 0. The second kappa shape index (κ2) is 6.08. The largest absolute Gasteiger partial charge is 0.390 e. The predicted molar refractivity (Wildman–Crippen MR) is 75.4 cm³/mol. The summed E-state index contributed by atoms with van der Waals surface area (Å²) in [6.45, 7) is 4.62. The zero-order valence-corrected chi connectivity index (χ0v) is 12.6. The highest BCUT2D eigenvalue weighted by atomic mass is 32.2. The molecule has 0 radical (unpaired) electrons. The number of hydrogen-bond donors (Lipinski definition) is 2. The molecule has 2 unspecified atom stereocenters. The van der Waals surface area contributed by atoms with Gasteiger partial charge < -0.3 is 10.4 Å². The fourth-order valence-electron chi connectivity index (χ4n) is 2.99. The summed E-state index contributed by atoms with van der Waals surface area (Å²) < 4.78 is 26.5. The monoisotopic (exact) mass is 290 g/mol. The van der Waals surface area contributed by atoms with Crippen molar-refractivity contribution in [2.24, 2.45) is 5.92 Å². The SMILES string of the molecule is CC1(O)CCCN(S(=O)(=O)CC2CCCNC2)CC1. The van der Waals surface area contributed by atoms with Crippen molar-refractivity contribution in [1.82, 2.24) is 9.62 Å². The Morgan fingerprint density at radius 1 is 1.32 bits per heavy atom. The lowest BCUT2D eigenvalue weighted by molar-refractivity contribution is 0.0465. The molecule has 0 aromatic heterocycles. The molecule has 2 saturated heterocycles. The first-order valence-electron chi connectivity index (χ1n) is 7.30. The van der Waals surface area contributed by atoms with Crippen LogP contribution in [0, 0.1) is 5.92 Å². The van der Waals surface area contributed by atoms with E-state index >= 15 is 0 Å². The zero-order chi connectivity index (χ0) is 13.9. The summed E-state index contributed by atoms with van der Waals surface area (Å²) in [5.74, 6) is 0.491. The van der Waals surface area contributed by atoms with Crippen LogP contribution < -0.4 is 5.32 Å². The Kier molecular flexibility index (Phi) is 4.87. The third-order valence-corrected chi connectivity index (χ3v) is 6.31. The summed E-state index contributed by atoms with van der Waals surface area (Å²) in [7, 11) is -3.17. The summed E-state index contributed by atoms with van der Waals surface area (Å²) in [5.41, 5.74) is -0.712. The van der Waals surface area contributed by atoms with Crippen molar-refractivity contribution in [2.45, 2.75) is 44.6 Å². The Morgan fingerprint density at radius 3 is 2.79 bits per heavy atom. The van der Waals surface area contributed by atoms with Gasteiger partial charge in [-0.2, -0.15) is 0 Å². The Bertz CT molecular complexity index is 389. The van der Waals surface area contributed by atoms with E-state index in [4.69, 9.17) is 0 Å². The van der Waals surface area contributed by atoms with Gasteiger partial charge in [-0.05, 0) is 58.0 Å². The molecule has 0 saturated carbocycles. The Labute approximate surface area is 116 Å². The molecule has 2 aliphatic heterocycles. The van der Waals surface area contributed by atoms with Crippen LogP contribution in [0.1, 0.15) is 39.0 Å². The highest BCUT2D eigenvalue weighted by Gasteiger charge is 2.32. The van der Waals surface area contributed by atoms with E-state index in [1.165, 1.54) is 0 Å². The Morgan fingerprint density at radius 2 is 2.11 bits per heavy atom. The Balaban J connectivity index is 1.94. The lowest BCUT2D eigenvalue weighted by Gasteiger charge is -2.27. The van der Waals surface area contributed by atoms with Gasteiger partial charge in [0, 0.05) is 13.1 Å². The molecule has 0 spiro atoms. The van der Waals surface area contributed by atoms with E-state index in [9.17, 15) is 13.5 Å². The minimum Gasteiger partial charge on any atom is -0.390 e. The molecule has 2 aliphatic rings. The molecule has 2 rings (SSSR count). The van der Waals surface area contributed by atoms with E-state index < -0.39 is 15.6 Å². The second-order valence-corrected chi connectivity index (χ2v) is 8.25. The molecule has 0 bridgehead atoms. The van der Waals surface area contributed by atoms with Gasteiger partial charge in [-0.25, -0.2) is 12.7 Å². The number of rotatable bonds is 3. The minimum atomic E-state index is -3.17. The molecule has 0 aromatic rings. The number of nitrogens with one attached hydrogen (secondary N) is 1. The van der Waals surface area contributed by atoms with Crippen LogP contribution in [0.25, 0.3) is 0 Å². The van der Waals surface area contributed by atoms with Crippen LogP contribution in [0.3, 0.4) is 0 Å². The van der Waals surface area contributed by atoms with Crippen LogP contribution in [0.15, 0.2) is 0 Å². The summed E-state index contributed by atoms with van der Waals surface area (Å²) in [6.07, 6.45) is 4.03. The lowest BCUT2D eigenvalue weighted by Crippen LogP contribution is -2.40. The minimum absolute atomic E-state index is 0.238. The van der Waals surface area contributed by atoms with Crippen molar-refractivity contribution in [3.05, 3.63) is 0 Å². The Hall–Kier alpha value is -0.170. The van der Waals surface area contributed by atoms with Gasteiger partial charge in [-0.3, -0.25) is 0 Å². The first kappa shape index (κ1) is 15.2. The number of piperidine rings is 1. The smallest absolute Gasteiger partial charge is 0.214 e. The second-order valence-electron chi connectivity index (χ2n) is 6.24. The van der Waals surface area contributed by atoms with Crippen LogP contribution in [-0.2, 0) is 10.0 Å². The highest BCUT2D eigenvalue weighted by molar-refractivity contribution is 7.89. The van der Waals surface area contributed by atoms with Crippen LogP contribution in [-0.4, -0.2) is 55.4 Å². The van der Waals surface area contributed by atoms with Crippen LogP contribution in [0.5, 0.6) is 0 Å². The molecule has 0 amide bonds. The molecular weight excluding hydrogens is 264 g/mol. The van der Waals surface area contributed by atoms with E-state index in [1.807, 2.05) is 0 Å². The van der Waals surface area contributed by atoms with Gasteiger partial charge >= 0.3 is 0 Å². The molecule has 2 atom stereocenters. The molecule has 6 heteroatoms. The molecule has 0 aromatic carbocycles. The van der Waals surface area contributed by atoms with Crippen molar-refractivity contribution >= 4 is 10.0 Å². The first-order valence-corrected chi connectivity index (χ1v) is 8.91. The van der Waals surface area contributed by atoms with Crippen LogP contribution in [0.2, 0.25) is 0 Å². The van der Waals surface area contributed by atoms with Crippen molar-refractivity contribution in [2.75, 3.05) is 31.9 Å². The van der Waals surface area contributed by atoms with Gasteiger partial charge in [0.2, 0.25) is 10.0 Å². The van der Waals surface area contributed by atoms with E-state index in [0.29, 0.717) is 25.9 Å². The van der Waals surface area contributed by atoms with Gasteiger partial charge in [-0.15, -0.1) is 0 Å². The topological polar surface area (TPSA) is 69.6 Å². The normalized spacial score (nSPS) is 34.9. The number of nitrogens with zero attached hydrogens (tertiary/aromatic N) is 1. The maximum absolute atomic E-state index is 12.4. The van der Waals surface area contributed by atoms with Crippen molar-refractivity contribution in [3.63, 3.8) is 0 Å². The van der Waals surface area contributed by atoms with Gasteiger partial charge in [0.1, 0.15) is 0 Å². The third kappa shape index (κ3) is 4.41. The molecule has 2 heterocycles. The summed E-state index contributed by atoms with van der Waals surface area (Å²) in [4.78, 5) is 0. The van der Waals surface area contributed by atoms with E-state index in [2.05, 4.69) is 5.32 Å². The zero-order valence-electron chi connectivity index (χ0n) is 11.8. The lowest BCUT2D eigenvalue weighted by atomic mass is 9.98. The molecule has 5 nitrogen and oxygen atoms in total. The number of sulfonamides is 1. The van der Waals surface area contributed by atoms with Gasteiger partial charge in [0.25, 0.3) is 0 Å². The molecular formula is C13H26N2O3S. The average Bonchev–Trinajstić information content (AvgIpc) is 2.51. The maximum atomic E-state index is 12.4. The molecule has 2 N–H and O–H groups in total. The number of aliphatic hydroxyl groups is 1. The third-order valence-electron chi connectivity index (χ3n) is 4.26. The highest BCUT2D eigenvalue weighted by Crippen LogP contribution is 2.24. The molecule has 2 fully saturated rings. The van der Waals surface area contributed by atoms with Crippen molar-refractivity contribution in [1.29, 1.82) is 0 Å². The summed E-state index contributed by atoms with van der Waals surface area (Å²) in [5, 5.41) is 13.3. The maximum Gasteiger partial charge on any atom is 0.214 e. The average molecular weight is 290 g/mol. The number of hydrogen-bond acceptors (Lipinski definition) is 4. The molecule has 0 aliphatic carbocycles. The fraction of sp³-hybridized carbons (Fsp3) is 1.00. The van der Waals surface area contributed by atoms with Crippen molar-refractivity contribution in [3.8, 4) is 0 Å². The summed E-state index contributed by atoms with van der Waals surface area (Å²) >= 11 is 0.